The molecule has 0 bridgehead atoms. The van der Waals surface area contributed by atoms with Gasteiger partial charge in [0.15, 0.2) is 0 Å². The smallest absolute Gasteiger partial charge is 0.255 e. The number of benzene rings is 3. The molecule has 3 aromatic carbocycles. The van der Waals surface area contributed by atoms with E-state index in [1.807, 2.05) is 79.7 Å². The Hall–Kier alpha value is -3.27. The summed E-state index contributed by atoms with van der Waals surface area (Å²) in [5, 5.41) is 2.88. The zero-order valence-electron chi connectivity index (χ0n) is 15.4. The molecule has 27 heavy (non-hydrogen) atoms. The van der Waals surface area contributed by atoms with Crippen molar-refractivity contribution in [3.05, 3.63) is 95.6 Å². The third kappa shape index (κ3) is 5.35. The molecule has 0 heterocycles. The van der Waals surface area contributed by atoms with Gasteiger partial charge < -0.3 is 14.8 Å². The van der Waals surface area contributed by atoms with Gasteiger partial charge in [-0.3, -0.25) is 4.79 Å². The van der Waals surface area contributed by atoms with Crippen LogP contribution in [-0.4, -0.2) is 19.1 Å². The van der Waals surface area contributed by atoms with Gasteiger partial charge in [0.2, 0.25) is 0 Å². The van der Waals surface area contributed by atoms with E-state index in [0.29, 0.717) is 31.1 Å². The first-order valence-electron chi connectivity index (χ1n) is 8.96. The SMILES string of the molecule is Cc1ccccc1OCCNC(=O)c1ccccc1OCc1ccccc1. The molecule has 3 aromatic rings. The number of carbonyl (C=O) groups excluding carboxylic acids is 1. The van der Waals surface area contributed by atoms with Crippen LogP contribution in [0.5, 0.6) is 11.5 Å². The second-order valence-corrected chi connectivity index (χ2v) is 6.14. The lowest BCUT2D eigenvalue weighted by Crippen LogP contribution is -2.28. The van der Waals surface area contributed by atoms with Gasteiger partial charge in [-0.15, -0.1) is 0 Å². The van der Waals surface area contributed by atoms with Crippen molar-refractivity contribution in [2.75, 3.05) is 13.2 Å². The maximum atomic E-state index is 12.5. The van der Waals surface area contributed by atoms with E-state index in [9.17, 15) is 4.79 Å². The number of carbonyl (C=O) groups is 1. The van der Waals surface area contributed by atoms with E-state index in [4.69, 9.17) is 9.47 Å². The molecule has 0 aromatic heterocycles. The summed E-state index contributed by atoms with van der Waals surface area (Å²) in [5.41, 5.74) is 2.65. The van der Waals surface area contributed by atoms with Crippen LogP contribution in [0.15, 0.2) is 78.9 Å². The molecule has 138 valence electrons. The number of ether oxygens (including phenoxy) is 2. The molecule has 1 N–H and O–H groups in total. The van der Waals surface area contributed by atoms with Crippen LogP contribution in [0.4, 0.5) is 0 Å². The fraction of sp³-hybridized carbons (Fsp3) is 0.174. The molecule has 0 saturated heterocycles. The van der Waals surface area contributed by atoms with Gasteiger partial charge in [0.1, 0.15) is 24.7 Å². The highest BCUT2D eigenvalue weighted by molar-refractivity contribution is 5.96. The predicted octanol–water partition coefficient (Wildman–Crippen LogP) is 4.38. The van der Waals surface area contributed by atoms with Crippen LogP contribution >= 0.6 is 0 Å². The van der Waals surface area contributed by atoms with Crippen LogP contribution in [0.3, 0.4) is 0 Å². The fourth-order valence-corrected chi connectivity index (χ4v) is 2.65. The molecule has 0 aliphatic heterocycles. The summed E-state index contributed by atoms with van der Waals surface area (Å²) in [6, 6.07) is 24.9. The van der Waals surface area contributed by atoms with Crippen LogP contribution < -0.4 is 14.8 Å². The van der Waals surface area contributed by atoms with Crippen molar-refractivity contribution in [3.63, 3.8) is 0 Å². The van der Waals surface area contributed by atoms with Gasteiger partial charge in [-0.25, -0.2) is 0 Å². The molecular weight excluding hydrogens is 338 g/mol. The van der Waals surface area contributed by atoms with Crippen molar-refractivity contribution < 1.29 is 14.3 Å². The minimum Gasteiger partial charge on any atom is -0.491 e. The minimum absolute atomic E-state index is 0.174. The van der Waals surface area contributed by atoms with E-state index in [-0.39, 0.29) is 5.91 Å². The summed E-state index contributed by atoms with van der Waals surface area (Å²) in [6.07, 6.45) is 0. The first kappa shape index (κ1) is 18.5. The summed E-state index contributed by atoms with van der Waals surface area (Å²) in [6.45, 7) is 3.24. The van der Waals surface area contributed by atoms with Crippen LogP contribution in [0.25, 0.3) is 0 Å². The van der Waals surface area contributed by atoms with E-state index in [0.717, 1.165) is 16.9 Å². The number of hydrogen-bond acceptors (Lipinski definition) is 3. The first-order valence-corrected chi connectivity index (χ1v) is 8.96. The molecule has 0 radical (unpaired) electrons. The van der Waals surface area contributed by atoms with E-state index in [1.54, 1.807) is 6.07 Å². The molecule has 0 aliphatic carbocycles. The second kappa shape index (κ2) is 9.43. The zero-order valence-corrected chi connectivity index (χ0v) is 15.4. The lowest BCUT2D eigenvalue weighted by atomic mass is 10.2. The van der Waals surface area contributed by atoms with E-state index >= 15 is 0 Å². The zero-order chi connectivity index (χ0) is 18.9. The summed E-state index contributed by atoms with van der Waals surface area (Å²) in [7, 11) is 0. The Labute approximate surface area is 159 Å². The van der Waals surface area contributed by atoms with E-state index in [1.165, 1.54) is 0 Å². The number of aryl methyl sites for hydroxylation is 1. The van der Waals surface area contributed by atoms with Gasteiger partial charge >= 0.3 is 0 Å². The highest BCUT2D eigenvalue weighted by Crippen LogP contribution is 2.19. The van der Waals surface area contributed by atoms with Gasteiger partial charge in [-0.05, 0) is 36.2 Å². The highest BCUT2D eigenvalue weighted by atomic mass is 16.5. The number of nitrogens with one attached hydrogen (secondary N) is 1. The van der Waals surface area contributed by atoms with Crippen molar-refractivity contribution in [3.8, 4) is 11.5 Å². The largest absolute Gasteiger partial charge is 0.491 e. The van der Waals surface area contributed by atoms with Crippen molar-refractivity contribution >= 4 is 5.91 Å². The monoisotopic (exact) mass is 361 g/mol. The van der Waals surface area contributed by atoms with E-state index < -0.39 is 0 Å². The van der Waals surface area contributed by atoms with Gasteiger partial charge in [-0.2, -0.15) is 0 Å². The summed E-state index contributed by atoms with van der Waals surface area (Å²) < 4.78 is 11.6. The molecule has 3 rings (SSSR count). The predicted molar refractivity (Wildman–Crippen MR) is 106 cm³/mol. The summed E-state index contributed by atoms with van der Waals surface area (Å²) in [4.78, 5) is 12.5. The van der Waals surface area contributed by atoms with Crippen molar-refractivity contribution in [2.45, 2.75) is 13.5 Å². The Bertz CT molecular complexity index is 878. The summed E-state index contributed by atoms with van der Waals surface area (Å²) in [5.74, 6) is 1.23. The van der Waals surface area contributed by atoms with E-state index in [2.05, 4.69) is 5.32 Å². The Kier molecular flexibility index (Phi) is 6.47. The van der Waals surface area contributed by atoms with Gasteiger partial charge in [-0.1, -0.05) is 60.7 Å². The Morgan fingerprint density at radius 1 is 0.815 bits per heavy atom. The van der Waals surface area contributed by atoms with Gasteiger partial charge in [0, 0.05) is 0 Å². The maximum absolute atomic E-state index is 12.5. The highest BCUT2D eigenvalue weighted by Gasteiger charge is 2.12. The molecule has 4 nitrogen and oxygen atoms in total. The topological polar surface area (TPSA) is 47.6 Å². The molecule has 0 aliphatic rings. The molecule has 4 heteroatoms. The lowest BCUT2D eigenvalue weighted by molar-refractivity contribution is 0.0942. The minimum atomic E-state index is -0.174. The summed E-state index contributed by atoms with van der Waals surface area (Å²) >= 11 is 0. The third-order valence-electron chi connectivity index (χ3n) is 4.11. The number of hydrogen-bond donors (Lipinski definition) is 1. The van der Waals surface area contributed by atoms with Crippen LogP contribution in [0.1, 0.15) is 21.5 Å². The maximum Gasteiger partial charge on any atom is 0.255 e. The Balaban J connectivity index is 1.53. The van der Waals surface area contributed by atoms with Crippen molar-refractivity contribution in [1.82, 2.24) is 5.32 Å². The average Bonchev–Trinajstić information content (AvgIpc) is 2.71. The van der Waals surface area contributed by atoms with Crippen molar-refractivity contribution in [2.24, 2.45) is 0 Å². The van der Waals surface area contributed by atoms with Crippen LogP contribution in [0, 0.1) is 6.92 Å². The lowest BCUT2D eigenvalue weighted by Gasteiger charge is -2.13. The fourth-order valence-electron chi connectivity index (χ4n) is 2.65. The van der Waals surface area contributed by atoms with Gasteiger partial charge in [0.25, 0.3) is 5.91 Å². The molecular formula is C23H23NO3. The Morgan fingerprint density at radius 2 is 1.48 bits per heavy atom. The molecule has 0 fully saturated rings. The number of amides is 1. The normalized spacial score (nSPS) is 10.3. The Morgan fingerprint density at radius 3 is 2.26 bits per heavy atom. The number of para-hydroxylation sites is 2. The quantitative estimate of drug-likeness (QED) is 0.606. The first-order chi connectivity index (χ1) is 13.2. The molecule has 0 atom stereocenters. The molecule has 1 amide bonds. The van der Waals surface area contributed by atoms with Crippen molar-refractivity contribution in [1.29, 1.82) is 0 Å². The number of rotatable bonds is 8. The molecule has 0 unspecified atom stereocenters. The molecule has 0 saturated carbocycles. The van der Waals surface area contributed by atoms with Crippen LogP contribution in [0.2, 0.25) is 0 Å². The second-order valence-electron chi connectivity index (χ2n) is 6.14. The average molecular weight is 361 g/mol. The van der Waals surface area contributed by atoms with Crippen LogP contribution in [-0.2, 0) is 6.61 Å². The molecule has 0 spiro atoms. The van der Waals surface area contributed by atoms with Gasteiger partial charge in [0.05, 0.1) is 12.1 Å². The third-order valence-corrected chi connectivity index (χ3v) is 4.11. The standard InChI is InChI=1S/C23H23NO3/c1-18-9-5-7-13-21(18)26-16-15-24-23(25)20-12-6-8-14-22(20)27-17-19-10-3-2-4-11-19/h2-14H,15-17H2,1H3,(H,24,25).